The molecule has 2 nitrogen and oxygen atoms in total. The number of allylic oxidation sites excluding steroid dienone is 4. The van der Waals surface area contributed by atoms with Gasteiger partial charge in [0.2, 0.25) is 0 Å². The predicted molar refractivity (Wildman–Crippen MR) is 148 cm³/mol. The molecule has 6 atom stereocenters. The largest absolute Gasteiger partial charge is 0.332 e. The van der Waals surface area contributed by atoms with Crippen LogP contribution in [0, 0.1) is 23.7 Å². The van der Waals surface area contributed by atoms with E-state index in [1.807, 2.05) is 0 Å². The van der Waals surface area contributed by atoms with Crippen molar-refractivity contribution in [3.05, 3.63) is 22.3 Å². The molecule has 0 saturated carbocycles. The summed E-state index contributed by atoms with van der Waals surface area (Å²) in [6, 6.07) is 0. The van der Waals surface area contributed by atoms with Gasteiger partial charge in [-0.05, 0) is 115 Å². The third kappa shape index (κ3) is 4.31. The molecule has 1 heterocycles. The average Bonchev–Trinajstić information content (AvgIpc) is 2.90. The van der Waals surface area contributed by atoms with Gasteiger partial charge in [0.25, 0.3) is 0 Å². The Morgan fingerprint density at radius 2 is 0.844 bits per heavy atom. The standard InChI is InChI=1S/C28H54N2Si2/c1-17-18(2)22(6)25(21(17)5)31(29-27(9,10)11)15-32(16-31,30-28(12,13)14)26-23(7)19(3)20(4)24(26)8/h17,19,21,23,25-26,29-30H,15-16H2,1-14H3. The van der Waals surface area contributed by atoms with E-state index >= 15 is 0 Å². The number of rotatable bonds is 4. The maximum atomic E-state index is 4.41. The fraction of sp³-hybridized carbons (Fsp3) is 0.857. The molecule has 1 aliphatic heterocycles. The van der Waals surface area contributed by atoms with E-state index in [9.17, 15) is 0 Å². The Labute approximate surface area is 202 Å². The Balaban J connectivity index is 2.09. The summed E-state index contributed by atoms with van der Waals surface area (Å²) in [6.45, 7) is 34.3. The Kier molecular flexibility index (Phi) is 6.78. The second-order valence-corrected chi connectivity index (χ2v) is 23.6. The molecular weight excluding hydrogens is 420 g/mol. The predicted octanol–water partition coefficient (Wildman–Crippen LogP) is 7.73. The molecule has 0 spiro atoms. The fourth-order valence-corrected chi connectivity index (χ4v) is 30.1. The first-order chi connectivity index (χ1) is 14.4. The zero-order valence-electron chi connectivity index (χ0n) is 23.9. The first-order valence-corrected chi connectivity index (χ1v) is 18.3. The van der Waals surface area contributed by atoms with E-state index in [1.165, 1.54) is 11.3 Å². The maximum absolute atomic E-state index is 4.41. The molecule has 0 aromatic carbocycles. The monoisotopic (exact) mass is 474 g/mol. The van der Waals surface area contributed by atoms with E-state index < -0.39 is 16.5 Å². The lowest BCUT2D eigenvalue weighted by Gasteiger charge is -2.64. The van der Waals surface area contributed by atoms with Crippen molar-refractivity contribution < 1.29 is 0 Å². The molecule has 6 unspecified atom stereocenters. The highest BCUT2D eigenvalue weighted by Crippen LogP contribution is 2.63. The van der Waals surface area contributed by atoms with Crippen LogP contribution in [-0.4, -0.2) is 27.5 Å². The molecule has 1 fully saturated rings. The van der Waals surface area contributed by atoms with Crippen molar-refractivity contribution in [2.24, 2.45) is 23.7 Å². The summed E-state index contributed by atoms with van der Waals surface area (Å²) in [7, 11) is -3.38. The van der Waals surface area contributed by atoms with Gasteiger partial charge in [-0.15, -0.1) is 0 Å². The van der Waals surface area contributed by atoms with Crippen molar-refractivity contribution in [1.82, 2.24) is 9.96 Å². The fourth-order valence-electron chi connectivity index (χ4n) is 8.54. The van der Waals surface area contributed by atoms with Crippen LogP contribution in [0.3, 0.4) is 0 Å². The van der Waals surface area contributed by atoms with Gasteiger partial charge in [-0.3, -0.25) is 0 Å². The van der Waals surface area contributed by atoms with E-state index in [-0.39, 0.29) is 11.1 Å². The van der Waals surface area contributed by atoms with Crippen LogP contribution >= 0.6 is 0 Å². The summed E-state index contributed by atoms with van der Waals surface area (Å²) in [5, 5.41) is 0. The smallest absolute Gasteiger partial charge is 0.130 e. The van der Waals surface area contributed by atoms with Gasteiger partial charge in [-0.1, -0.05) is 50.0 Å². The maximum Gasteiger partial charge on any atom is 0.130 e. The highest BCUT2D eigenvalue weighted by molar-refractivity contribution is 7.13. The molecule has 3 rings (SSSR count). The first kappa shape index (κ1) is 26.4. The van der Waals surface area contributed by atoms with Gasteiger partial charge in [0.15, 0.2) is 0 Å². The first-order valence-electron chi connectivity index (χ1n) is 13.3. The number of hydrogen-bond acceptors (Lipinski definition) is 2. The lowest BCUT2D eigenvalue weighted by atomic mass is 9.95. The van der Waals surface area contributed by atoms with Crippen molar-refractivity contribution in [2.45, 2.75) is 130 Å². The topological polar surface area (TPSA) is 24.1 Å². The zero-order chi connectivity index (χ0) is 24.6. The highest BCUT2D eigenvalue weighted by Gasteiger charge is 2.69. The lowest BCUT2D eigenvalue weighted by Crippen LogP contribution is -2.82. The molecule has 0 aromatic heterocycles. The zero-order valence-corrected chi connectivity index (χ0v) is 25.9. The second kappa shape index (κ2) is 8.21. The van der Waals surface area contributed by atoms with Gasteiger partial charge in [-0.25, -0.2) is 0 Å². The van der Waals surface area contributed by atoms with E-state index in [0.717, 1.165) is 34.8 Å². The van der Waals surface area contributed by atoms with Crippen molar-refractivity contribution in [1.29, 1.82) is 0 Å². The van der Waals surface area contributed by atoms with Crippen LogP contribution in [0.1, 0.15) is 96.9 Å². The van der Waals surface area contributed by atoms with Gasteiger partial charge >= 0.3 is 0 Å². The van der Waals surface area contributed by atoms with Gasteiger partial charge in [0.1, 0.15) is 16.5 Å². The highest BCUT2D eigenvalue weighted by atomic mass is 28.5. The lowest BCUT2D eigenvalue weighted by molar-refractivity contribution is 0.429. The second-order valence-electron chi connectivity index (χ2n) is 14.4. The van der Waals surface area contributed by atoms with Crippen LogP contribution < -0.4 is 9.96 Å². The van der Waals surface area contributed by atoms with Crippen LogP contribution in [-0.2, 0) is 0 Å². The summed E-state index contributed by atoms with van der Waals surface area (Å²) in [5.74, 6) is 3.01. The van der Waals surface area contributed by atoms with Crippen LogP contribution in [0.15, 0.2) is 22.3 Å². The number of nitrogens with one attached hydrogen (secondary N) is 2. The van der Waals surface area contributed by atoms with Crippen LogP contribution in [0.25, 0.3) is 0 Å². The van der Waals surface area contributed by atoms with Gasteiger partial charge in [0, 0.05) is 11.1 Å². The summed E-state index contributed by atoms with van der Waals surface area (Å²) < 4.78 is 0. The molecule has 184 valence electrons. The summed E-state index contributed by atoms with van der Waals surface area (Å²) in [6.07, 6.45) is 0. The molecule has 2 N–H and O–H groups in total. The third-order valence-electron chi connectivity index (χ3n) is 9.87. The SMILES string of the molecule is CC1=C(C)C([Si]2(NC(C)(C)C)C[Si](NC(C)(C)C)(C3C(C)=C(C)C(C)C3C)C2)C(C)C1C. The van der Waals surface area contributed by atoms with Crippen molar-refractivity contribution >= 4 is 16.5 Å². The van der Waals surface area contributed by atoms with E-state index in [4.69, 9.17) is 0 Å². The number of hydrogen-bond donors (Lipinski definition) is 2. The molecule has 32 heavy (non-hydrogen) atoms. The normalized spacial score (nSPS) is 43.3. The minimum atomic E-state index is -1.69. The summed E-state index contributed by atoms with van der Waals surface area (Å²) >= 11 is 0. The Morgan fingerprint density at radius 1 is 0.562 bits per heavy atom. The molecular formula is C28H54N2Si2. The molecule has 0 amide bonds. The average molecular weight is 475 g/mol. The van der Waals surface area contributed by atoms with Gasteiger partial charge in [0.05, 0.1) is 0 Å². The van der Waals surface area contributed by atoms with E-state index in [2.05, 4.69) is 107 Å². The third-order valence-corrected chi connectivity index (χ3v) is 26.8. The molecule has 3 aliphatic rings. The van der Waals surface area contributed by atoms with Crippen LogP contribution in [0.5, 0.6) is 0 Å². The molecule has 4 heteroatoms. The van der Waals surface area contributed by atoms with E-state index in [1.54, 1.807) is 22.3 Å². The Bertz CT molecular complexity index is 738. The quantitative estimate of drug-likeness (QED) is 0.322. The van der Waals surface area contributed by atoms with Crippen molar-refractivity contribution in [2.75, 3.05) is 0 Å². The van der Waals surface area contributed by atoms with Crippen molar-refractivity contribution in [3.8, 4) is 0 Å². The Hall–Kier alpha value is -0.166. The van der Waals surface area contributed by atoms with E-state index in [0.29, 0.717) is 0 Å². The van der Waals surface area contributed by atoms with Crippen LogP contribution in [0.2, 0.25) is 22.4 Å². The minimum Gasteiger partial charge on any atom is -0.332 e. The minimum absolute atomic E-state index is 0.184. The molecule has 2 aliphatic carbocycles. The van der Waals surface area contributed by atoms with Crippen molar-refractivity contribution in [3.63, 3.8) is 0 Å². The van der Waals surface area contributed by atoms with Crippen LogP contribution in [0.4, 0.5) is 0 Å². The molecule has 0 radical (unpaired) electrons. The molecule has 0 bridgehead atoms. The molecule has 0 aromatic rings. The summed E-state index contributed by atoms with van der Waals surface area (Å²) in [4.78, 5) is 8.82. The Morgan fingerprint density at radius 3 is 1.03 bits per heavy atom. The van der Waals surface area contributed by atoms with Gasteiger partial charge in [-0.2, -0.15) is 0 Å². The van der Waals surface area contributed by atoms with Gasteiger partial charge < -0.3 is 9.96 Å². The molecule has 1 saturated heterocycles. The summed E-state index contributed by atoms with van der Waals surface area (Å²) in [5.41, 5.74) is 11.8.